The van der Waals surface area contributed by atoms with E-state index in [-0.39, 0.29) is 11.8 Å². The van der Waals surface area contributed by atoms with Crippen LogP contribution < -0.4 is 15.5 Å². The Balaban J connectivity index is 1.27. The molecule has 1 atom stereocenters. The van der Waals surface area contributed by atoms with Gasteiger partial charge in [0.25, 0.3) is 0 Å². The molecule has 1 saturated heterocycles. The monoisotopic (exact) mass is 426 g/mol. The molecule has 0 bridgehead atoms. The van der Waals surface area contributed by atoms with E-state index in [2.05, 4.69) is 20.8 Å². The predicted octanol–water partition coefficient (Wildman–Crippen LogP) is 2.51. The van der Waals surface area contributed by atoms with Crippen LogP contribution in [0.5, 0.6) is 0 Å². The molecule has 1 saturated carbocycles. The Morgan fingerprint density at radius 1 is 1.20 bits per heavy atom. The van der Waals surface area contributed by atoms with Crippen LogP contribution in [0.25, 0.3) is 16.7 Å². The number of carbonyl (C=O) groups is 1. The fourth-order valence-corrected chi connectivity index (χ4v) is 3.55. The molecule has 3 aromatic rings. The first kappa shape index (κ1) is 18.7. The number of hydrogen-bond donors (Lipinski definition) is 2. The Bertz CT molecular complexity index is 1100. The molecule has 1 aliphatic heterocycles. The van der Waals surface area contributed by atoms with Crippen molar-refractivity contribution in [3.63, 3.8) is 0 Å². The molecule has 1 amide bonds. The zero-order valence-corrected chi connectivity index (χ0v) is 16.7. The minimum Gasteiger partial charge on any atom is -0.442 e. The third-order valence-electron chi connectivity index (χ3n) is 5.02. The van der Waals surface area contributed by atoms with Crippen LogP contribution in [0.4, 0.5) is 14.9 Å². The average Bonchev–Trinajstić information content (AvgIpc) is 3.31. The molecule has 154 valence electrons. The predicted molar refractivity (Wildman–Crippen MR) is 113 cm³/mol. The molecule has 2 aliphatic rings. The number of hydrogen-bond acceptors (Lipinski definition) is 5. The summed E-state index contributed by atoms with van der Waals surface area (Å²) in [5.41, 5.74) is 1.97. The lowest BCUT2D eigenvalue weighted by atomic mass is 10.2. The van der Waals surface area contributed by atoms with Crippen LogP contribution in [-0.2, 0) is 4.74 Å². The summed E-state index contributed by atoms with van der Waals surface area (Å²) in [5.74, 6) is -0.531. The number of nitrogens with one attached hydrogen (secondary N) is 2. The topological polar surface area (TPSA) is 84.3 Å². The van der Waals surface area contributed by atoms with Crippen molar-refractivity contribution in [2.24, 2.45) is 0 Å². The molecular formula is C20H19FN6O2S. The Morgan fingerprint density at radius 3 is 2.60 bits per heavy atom. The first-order valence-electron chi connectivity index (χ1n) is 9.71. The molecule has 1 aromatic heterocycles. The van der Waals surface area contributed by atoms with Crippen LogP contribution >= 0.6 is 12.2 Å². The van der Waals surface area contributed by atoms with Crippen molar-refractivity contribution < 1.29 is 13.9 Å². The summed E-state index contributed by atoms with van der Waals surface area (Å²) in [6, 6.07) is 12.3. The third-order valence-corrected chi connectivity index (χ3v) is 5.28. The van der Waals surface area contributed by atoms with E-state index in [0.717, 1.165) is 12.8 Å². The van der Waals surface area contributed by atoms with Crippen molar-refractivity contribution in [3.8, 4) is 5.69 Å². The second-order valence-electron chi connectivity index (χ2n) is 7.36. The number of rotatable bonds is 5. The highest BCUT2D eigenvalue weighted by Crippen LogP contribution is 2.25. The molecule has 0 radical (unpaired) electrons. The summed E-state index contributed by atoms with van der Waals surface area (Å²) in [7, 11) is 0. The molecule has 2 heterocycles. The molecule has 0 unspecified atom stereocenters. The first-order chi connectivity index (χ1) is 14.6. The largest absolute Gasteiger partial charge is 0.442 e. The van der Waals surface area contributed by atoms with Gasteiger partial charge in [-0.25, -0.2) is 9.18 Å². The van der Waals surface area contributed by atoms with Crippen molar-refractivity contribution in [1.29, 1.82) is 0 Å². The normalized spacial score (nSPS) is 18.5. The highest BCUT2D eigenvalue weighted by atomic mass is 32.1. The second kappa shape index (κ2) is 7.52. The van der Waals surface area contributed by atoms with Gasteiger partial charge in [0.1, 0.15) is 22.8 Å². The maximum Gasteiger partial charge on any atom is 0.414 e. The zero-order valence-electron chi connectivity index (χ0n) is 15.9. The summed E-state index contributed by atoms with van der Waals surface area (Å²) >= 11 is 5.22. The van der Waals surface area contributed by atoms with E-state index in [1.54, 1.807) is 12.1 Å². The van der Waals surface area contributed by atoms with Crippen LogP contribution in [0.2, 0.25) is 0 Å². The summed E-state index contributed by atoms with van der Waals surface area (Å²) in [6.45, 7) is 0.700. The molecule has 2 aromatic carbocycles. The maximum absolute atomic E-state index is 14.8. The Labute approximate surface area is 177 Å². The number of aromatic nitrogens is 3. The number of fused-ring (bicyclic) bond motifs is 1. The van der Waals surface area contributed by atoms with Crippen molar-refractivity contribution in [1.82, 2.24) is 25.6 Å². The van der Waals surface area contributed by atoms with Crippen LogP contribution in [0.15, 0.2) is 42.5 Å². The smallest absolute Gasteiger partial charge is 0.414 e. The maximum atomic E-state index is 14.8. The fraction of sp³-hybridized carbons (Fsp3) is 0.300. The average molecular weight is 426 g/mol. The van der Waals surface area contributed by atoms with Crippen LogP contribution in [0.3, 0.4) is 0 Å². The molecule has 8 nitrogen and oxygen atoms in total. The Morgan fingerprint density at radius 2 is 1.93 bits per heavy atom. The van der Waals surface area contributed by atoms with Crippen molar-refractivity contribution in [3.05, 3.63) is 48.3 Å². The van der Waals surface area contributed by atoms with E-state index in [1.165, 1.54) is 15.8 Å². The lowest BCUT2D eigenvalue weighted by molar-refractivity contribution is 0.143. The number of amides is 1. The third kappa shape index (κ3) is 3.78. The van der Waals surface area contributed by atoms with Gasteiger partial charge in [0.2, 0.25) is 0 Å². The lowest BCUT2D eigenvalue weighted by Gasteiger charge is -2.15. The van der Waals surface area contributed by atoms with Crippen LogP contribution in [0, 0.1) is 5.82 Å². The number of benzene rings is 2. The van der Waals surface area contributed by atoms with Gasteiger partial charge < -0.3 is 15.4 Å². The van der Waals surface area contributed by atoms with Gasteiger partial charge >= 0.3 is 6.09 Å². The number of halogens is 1. The number of thiocarbonyl (C=S) groups is 1. The Hall–Kier alpha value is -3.27. The zero-order chi connectivity index (χ0) is 20.7. The van der Waals surface area contributed by atoms with Gasteiger partial charge in [0, 0.05) is 12.1 Å². The number of ether oxygens (including phenoxy) is 1. The van der Waals surface area contributed by atoms with E-state index in [0.29, 0.717) is 41.0 Å². The second-order valence-corrected chi connectivity index (χ2v) is 7.77. The number of nitrogens with zero attached hydrogens (tertiary/aromatic N) is 4. The molecular weight excluding hydrogens is 407 g/mol. The summed E-state index contributed by atoms with van der Waals surface area (Å²) in [4.78, 5) is 14.9. The minimum atomic E-state index is -0.531. The summed E-state index contributed by atoms with van der Waals surface area (Å²) in [6.07, 6.45) is 1.36. The quantitative estimate of drug-likeness (QED) is 0.607. The minimum absolute atomic E-state index is 0.206. The number of cyclic esters (lactones) is 1. The summed E-state index contributed by atoms with van der Waals surface area (Å²) in [5, 5.41) is 15.4. The van der Waals surface area contributed by atoms with E-state index >= 15 is 0 Å². The number of anilines is 1. The van der Waals surface area contributed by atoms with Gasteiger partial charge in [0.15, 0.2) is 10.9 Å². The van der Waals surface area contributed by atoms with Crippen LogP contribution in [-0.4, -0.2) is 51.4 Å². The molecule has 0 spiro atoms. The SMILES string of the molecule is O=C1O[C@@H](CNC(=S)NC2CC2)CN1c1ccc(-n2nc3ccccc3n2)c(F)c1. The van der Waals surface area contributed by atoms with Crippen molar-refractivity contribution in [2.75, 3.05) is 18.0 Å². The summed E-state index contributed by atoms with van der Waals surface area (Å²) < 4.78 is 20.2. The van der Waals surface area contributed by atoms with Gasteiger partial charge in [0.05, 0.1) is 18.8 Å². The molecule has 2 N–H and O–H groups in total. The van der Waals surface area contributed by atoms with Crippen molar-refractivity contribution in [2.45, 2.75) is 25.0 Å². The standard InChI is InChI=1S/C20H19FN6O2S/c21-15-9-13(7-8-18(15)27-24-16-3-1-2-4-17(16)25-27)26-11-14(29-20(26)28)10-22-19(30)23-12-5-6-12/h1-4,7-9,12,14H,5-6,10-11H2,(H2,22,23,30)/t14-/m0/s1. The molecule has 5 rings (SSSR count). The van der Waals surface area contributed by atoms with E-state index in [9.17, 15) is 9.18 Å². The van der Waals surface area contributed by atoms with Gasteiger partial charge in [-0.1, -0.05) is 12.1 Å². The highest BCUT2D eigenvalue weighted by Gasteiger charge is 2.33. The fourth-order valence-electron chi connectivity index (χ4n) is 3.30. The van der Waals surface area contributed by atoms with Crippen LogP contribution in [0.1, 0.15) is 12.8 Å². The highest BCUT2D eigenvalue weighted by molar-refractivity contribution is 7.80. The molecule has 30 heavy (non-hydrogen) atoms. The van der Waals surface area contributed by atoms with Gasteiger partial charge in [-0.05, 0) is 49.3 Å². The molecule has 1 aliphatic carbocycles. The molecule has 10 heteroatoms. The van der Waals surface area contributed by atoms with E-state index < -0.39 is 11.9 Å². The number of carbonyl (C=O) groups excluding carboxylic acids is 1. The van der Waals surface area contributed by atoms with Gasteiger partial charge in [-0.15, -0.1) is 15.0 Å². The van der Waals surface area contributed by atoms with E-state index in [1.807, 2.05) is 24.3 Å². The van der Waals surface area contributed by atoms with Gasteiger partial charge in [-0.3, -0.25) is 4.90 Å². The van der Waals surface area contributed by atoms with Gasteiger partial charge in [-0.2, -0.15) is 0 Å². The lowest BCUT2D eigenvalue weighted by Crippen LogP contribution is -2.41. The van der Waals surface area contributed by atoms with E-state index in [4.69, 9.17) is 17.0 Å². The molecule has 2 fully saturated rings. The first-order valence-corrected chi connectivity index (χ1v) is 10.1. The Kier molecular flexibility index (Phi) is 4.70. The van der Waals surface area contributed by atoms with Crippen molar-refractivity contribution >= 4 is 40.1 Å².